The summed E-state index contributed by atoms with van der Waals surface area (Å²) in [5, 5.41) is -4.25. The molecule has 2 saturated carbocycles. The van der Waals surface area contributed by atoms with Crippen LogP contribution in [-0.4, -0.2) is 44.7 Å². The molecule has 2 bridgehead atoms. The van der Waals surface area contributed by atoms with E-state index in [0.717, 1.165) is 25.7 Å². The van der Waals surface area contributed by atoms with E-state index in [1.807, 2.05) is 0 Å². The number of hydrogen-bond acceptors (Lipinski definition) is 4. The molecule has 0 aromatic heterocycles. The van der Waals surface area contributed by atoms with E-state index >= 15 is 0 Å². The molecule has 0 spiro atoms. The summed E-state index contributed by atoms with van der Waals surface area (Å²) in [6.07, 6.45) is 4.11. The second kappa shape index (κ2) is 6.67. The van der Waals surface area contributed by atoms with E-state index < -0.39 is 22.0 Å². The second-order valence-electron chi connectivity index (χ2n) is 6.74. The van der Waals surface area contributed by atoms with Crippen molar-refractivity contribution in [2.45, 2.75) is 44.0 Å². The first-order chi connectivity index (χ1) is 10.1. The first kappa shape index (κ1) is 18.0. The van der Waals surface area contributed by atoms with Crippen molar-refractivity contribution >= 4 is 10.1 Å². The van der Waals surface area contributed by atoms with E-state index in [2.05, 4.69) is 6.92 Å². The van der Waals surface area contributed by atoms with Crippen molar-refractivity contribution in [2.24, 2.45) is 23.7 Å². The van der Waals surface area contributed by atoms with Gasteiger partial charge in [0.05, 0.1) is 6.10 Å². The van der Waals surface area contributed by atoms with Gasteiger partial charge in [-0.25, -0.2) is 0 Å². The monoisotopic (exact) mass is 342 g/mol. The minimum Gasteiger partial charge on any atom is -0.381 e. The van der Waals surface area contributed by atoms with Gasteiger partial charge in [0.25, 0.3) is 0 Å². The molecule has 2 aliphatic rings. The Bertz CT molecular complexity index is 480. The molecular weight excluding hydrogens is 318 g/mol. The van der Waals surface area contributed by atoms with E-state index in [1.54, 1.807) is 7.11 Å². The number of hydrogen-bond donors (Lipinski definition) is 1. The van der Waals surface area contributed by atoms with Gasteiger partial charge in [-0.2, -0.15) is 17.2 Å². The lowest BCUT2D eigenvalue weighted by atomic mass is 9.63. The highest BCUT2D eigenvalue weighted by Crippen LogP contribution is 2.46. The van der Waals surface area contributed by atoms with Gasteiger partial charge in [0.1, 0.15) is 6.61 Å². The van der Waals surface area contributed by atoms with Crippen molar-refractivity contribution in [1.82, 2.24) is 0 Å². The predicted molar refractivity (Wildman–Crippen MR) is 76.2 cm³/mol. The fourth-order valence-corrected chi connectivity index (χ4v) is 4.41. The molecule has 5 nitrogen and oxygen atoms in total. The molecule has 0 aliphatic heterocycles. The highest BCUT2D eigenvalue weighted by Gasteiger charge is 2.45. The quantitative estimate of drug-likeness (QED) is 0.751. The molecule has 5 unspecified atom stereocenters. The summed E-state index contributed by atoms with van der Waals surface area (Å²) >= 11 is 0. The molecule has 2 rings (SSSR count). The molecule has 0 amide bonds. The molecule has 0 aromatic carbocycles. The van der Waals surface area contributed by atoms with Crippen molar-refractivity contribution in [2.75, 3.05) is 20.3 Å². The Balaban J connectivity index is 1.85. The lowest BCUT2D eigenvalue weighted by Crippen LogP contribution is -2.43. The molecule has 130 valence electrons. The minimum atomic E-state index is -5.42. The van der Waals surface area contributed by atoms with Crippen LogP contribution in [0.4, 0.5) is 8.78 Å². The molecule has 0 radical (unpaired) electrons. The average Bonchev–Trinajstić information content (AvgIpc) is 2.36. The van der Waals surface area contributed by atoms with Crippen LogP contribution in [0.3, 0.4) is 0 Å². The first-order valence-electron chi connectivity index (χ1n) is 7.59. The molecule has 0 aromatic rings. The van der Waals surface area contributed by atoms with E-state index in [4.69, 9.17) is 14.0 Å². The van der Waals surface area contributed by atoms with Crippen LogP contribution in [0.5, 0.6) is 0 Å². The van der Waals surface area contributed by atoms with Gasteiger partial charge < -0.3 is 9.47 Å². The van der Waals surface area contributed by atoms with Gasteiger partial charge in [-0.05, 0) is 49.4 Å². The molecule has 0 saturated heterocycles. The van der Waals surface area contributed by atoms with E-state index in [0.29, 0.717) is 17.8 Å². The van der Waals surface area contributed by atoms with Gasteiger partial charge in [0, 0.05) is 13.7 Å². The van der Waals surface area contributed by atoms with Gasteiger partial charge in [0.15, 0.2) is 0 Å². The van der Waals surface area contributed by atoms with Crippen molar-refractivity contribution in [1.29, 1.82) is 0 Å². The van der Waals surface area contributed by atoms with Gasteiger partial charge in [-0.3, -0.25) is 4.55 Å². The zero-order chi connectivity index (χ0) is 16.5. The summed E-state index contributed by atoms with van der Waals surface area (Å²) in [6, 6.07) is 0. The topological polar surface area (TPSA) is 72.8 Å². The van der Waals surface area contributed by atoms with Crippen molar-refractivity contribution in [3.63, 3.8) is 0 Å². The Morgan fingerprint density at radius 1 is 1.23 bits per heavy atom. The third-order valence-corrected chi connectivity index (χ3v) is 5.82. The average molecular weight is 342 g/mol. The number of rotatable bonds is 6. The highest BCUT2D eigenvalue weighted by molar-refractivity contribution is 7.86. The Hall–Kier alpha value is -0.310. The molecule has 2 fully saturated rings. The molecule has 22 heavy (non-hydrogen) atoms. The van der Waals surface area contributed by atoms with Crippen molar-refractivity contribution in [3.8, 4) is 0 Å². The Morgan fingerprint density at radius 3 is 2.50 bits per heavy atom. The molecular formula is C14H24F2O5S. The lowest BCUT2D eigenvalue weighted by molar-refractivity contribution is -0.0797. The normalized spacial score (nSPS) is 36.3. The third-order valence-electron chi connectivity index (χ3n) is 4.94. The number of alkyl halides is 2. The Labute approximate surface area is 130 Å². The number of fused-ring (bicyclic) bond motifs is 2. The Kier molecular flexibility index (Phi) is 5.46. The zero-order valence-corrected chi connectivity index (χ0v) is 13.7. The van der Waals surface area contributed by atoms with E-state index in [1.165, 1.54) is 0 Å². The number of halogens is 2. The fourth-order valence-electron chi connectivity index (χ4n) is 4.18. The standard InChI is InChI=1S/C14H24F2O5S/c1-9-3-10-4-11(6-12(5-10)13(9)20-2)7-21-8-14(15,16)22(17,18)19/h9-13H,3-8H2,1-2H3,(H,17,18,19). The van der Waals surface area contributed by atoms with Crippen LogP contribution >= 0.6 is 0 Å². The summed E-state index contributed by atoms with van der Waals surface area (Å²) < 4.78 is 66.1. The number of ether oxygens (including phenoxy) is 2. The lowest BCUT2D eigenvalue weighted by Gasteiger charge is -2.46. The third kappa shape index (κ3) is 3.96. The summed E-state index contributed by atoms with van der Waals surface area (Å²) in [6.45, 7) is 0.960. The van der Waals surface area contributed by atoms with Gasteiger partial charge in [0.2, 0.25) is 0 Å². The fraction of sp³-hybridized carbons (Fsp3) is 1.00. The Morgan fingerprint density at radius 2 is 1.91 bits per heavy atom. The van der Waals surface area contributed by atoms with Crippen LogP contribution < -0.4 is 0 Å². The van der Waals surface area contributed by atoms with Crippen LogP contribution in [0.15, 0.2) is 0 Å². The van der Waals surface area contributed by atoms with Gasteiger partial charge in [-0.15, -0.1) is 0 Å². The second-order valence-corrected chi connectivity index (χ2v) is 8.29. The molecule has 8 heteroatoms. The smallest absolute Gasteiger partial charge is 0.381 e. The van der Waals surface area contributed by atoms with Crippen LogP contribution in [-0.2, 0) is 19.6 Å². The van der Waals surface area contributed by atoms with E-state index in [9.17, 15) is 17.2 Å². The zero-order valence-electron chi connectivity index (χ0n) is 12.9. The summed E-state index contributed by atoms with van der Waals surface area (Å²) in [5.74, 6) is 1.59. The largest absolute Gasteiger partial charge is 0.392 e. The van der Waals surface area contributed by atoms with Crippen LogP contribution in [0.25, 0.3) is 0 Å². The minimum absolute atomic E-state index is 0.0862. The maximum Gasteiger partial charge on any atom is 0.392 e. The van der Waals surface area contributed by atoms with Gasteiger partial charge in [-0.1, -0.05) is 6.92 Å². The van der Waals surface area contributed by atoms with Crippen LogP contribution in [0, 0.1) is 23.7 Å². The summed E-state index contributed by atoms with van der Waals surface area (Å²) in [4.78, 5) is 0. The predicted octanol–water partition coefficient (Wildman–Crippen LogP) is 2.57. The summed E-state index contributed by atoms with van der Waals surface area (Å²) in [5.41, 5.74) is 0. The maximum atomic E-state index is 13.1. The molecule has 2 aliphatic carbocycles. The van der Waals surface area contributed by atoms with E-state index in [-0.39, 0.29) is 18.6 Å². The first-order valence-corrected chi connectivity index (χ1v) is 9.03. The van der Waals surface area contributed by atoms with Crippen molar-refractivity contribution in [3.05, 3.63) is 0 Å². The highest BCUT2D eigenvalue weighted by atomic mass is 32.2. The van der Waals surface area contributed by atoms with Crippen molar-refractivity contribution < 1.29 is 31.2 Å². The number of methoxy groups -OCH3 is 1. The van der Waals surface area contributed by atoms with Crippen LogP contribution in [0.2, 0.25) is 0 Å². The molecule has 5 atom stereocenters. The SMILES string of the molecule is COC1C(C)CC2CC(COCC(F)(F)S(=O)(=O)O)CC1C2. The van der Waals surface area contributed by atoms with Gasteiger partial charge >= 0.3 is 15.4 Å². The molecule has 0 heterocycles. The molecule has 1 N–H and O–H groups in total. The van der Waals surface area contributed by atoms with Crippen LogP contribution in [0.1, 0.15) is 32.6 Å². The maximum absolute atomic E-state index is 13.1. The summed E-state index contributed by atoms with van der Waals surface area (Å²) in [7, 11) is -3.72.